The topological polar surface area (TPSA) is 6.48 Å². The van der Waals surface area contributed by atoms with Crippen molar-refractivity contribution < 1.29 is 19.5 Å². The molecule has 31 heavy (non-hydrogen) atoms. The van der Waals surface area contributed by atoms with E-state index in [0.29, 0.717) is 20.6 Å². The molecule has 0 saturated heterocycles. The second kappa shape index (κ2) is 10.8. The summed E-state index contributed by atoms with van der Waals surface area (Å²) in [6.45, 7) is 29.0. The third-order valence-corrected chi connectivity index (χ3v) is 13.3. The second-order valence-electron chi connectivity index (χ2n) is 12.4. The van der Waals surface area contributed by atoms with Gasteiger partial charge < -0.3 is 9.62 Å². The van der Waals surface area contributed by atoms with Crippen molar-refractivity contribution in [3.05, 3.63) is 24.3 Å². The van der Waals surface area contributed by atoms with E-state index in [1.807, 2.05) is 0 Å². The number of anilines is 2. The molecule has 0 spiro atoms. The van der Waals surface area contributed by atoms with Crippen molar-refractivity contribution >= 4 is 43.2 Å². The molecule has 4 radical (unpaired) electrons. The molecule has 2 nitrogen and oxygen atoms in total. The fraction of sp³-hybridized carbons (Fsp3) is 0.750. The maximum absolute atomic E-state index is 2.55. The summed E-state index contributed by atoms with van der Waals surface area (Å²) >= 11 is 0. The summed E-state index contributed by atoms with van der Waals surface area (Å²) in [4.78, 5) is 5.10. The molecule has 0 saturated carbocycles. The molecule has 1 aliphatic heterocycles. The maximum Gasteiger partial charge on any atom is 0.392 e. The van der Waals surface area contributed by atoms with Crippen LogP contribution in [0.5, 0.6) is 0 Å². The number of hydrogen-bond donors (Lipinski definition) is 0. The Balaban J connectivity index is 0.00000450. The molecule has 0 bridgehead atoms. The smallest absolute Gasteiger partial charge is 0.392 e. The molecule has 1 aromatic carbocycles. The summed E-state index contributed by atoms with van der Waals surface area (Å²) in [5.74, 6) is 0. The quantitative estimate of drug-likeness (QED) is 0.285. The van der Waals surface area contributed by atoms with Crippen LogP contribution in [0.25, 0.3) is 0 Å². The van der Waals surface area contributed by atoms with Gasteiger partial charge in [-0.25, -0.2) is 0 Å². The Morgan fingerprint density at radius 3 is 1.10 bits per heavy atom. The summed E-state index contributed by atoms with van der Waals surface area (Å²) in [5, 5.41) is 1.31. The Labute approximate surface area is 212 Å². The Morgan fingerprint density at radius 2 is 0.871 bits per heavy atom. The van der Waals surface area contributed by atoms with Crippen molar-refractivity contribution in [2.45, 2.75) is 104 Å². The van der Waals surface area contributed by atoms with E-state index in [1.165, 1.54) is 11.4 Å². The van der Waals surface area contributed by atoms with Gasteiger partial charge in [0.05, 0.1) is 0 Å². The van der Waals surface area contributed by atoms with Gasteiger partial charge in [-0.2, -0.15) is 0 Å². The van der Waals surface area contributed by atoms with Crippen LogP contribution in [0, 0.1) is 0 Å². The standard InChI is InChI=1S/C24H44BN2P2.B.Ru/c1-21(2,3)28(22(4,5)6)17-26-19-15-13-14-16-20(19)27(25-26)18-29(23(7,8)9)24(10,11)12;;/h13-16H,17-18H2,1-12H3;;. The van der Waals surface area contributed by atoms with Crippen LogP contribution in [0.4, 0.5) is 11.4 Å². The van der Waals surface area contributed by atoms with E-state index >= 15 is 0 Å². The molecular weight excluding hydrogens is 501 g/mol. The predicted molar refractivity (Wildman–Crippen MR) is 145 cm³/mol. The summed E-state index contributed by atoms with van der Waals surface area (Å²) in [7, 11) is 2.04. The zero-order valence-corrected chi connectivity index (χ0v) is 25.5. The summed E-state index contributed by atoms with van der Waals surface area (Å²) in [5.41, 5.74) is 2.76. The molecular formula is C24H44B2N2P2Ru. The fourth-order valence-corrected chi connectivity index (χ4v) is 11.4. The van der Waals surface area contributed by atoms with Crippen LogP contribution in [0.15, 0.2) is 24.3 Å². The van der Waals surface area contributed by atoms with E-state index in [1.54, 1.807) is 0 Å². The van der Waals surface area contributed by atoms with Crippen LogP contribution in [0.1, 0.15) is 83.1 Å². The third kappa shape index (κ3) is 8.01. The van der Waals surface area contributed by atoms with Crippen LogP contribution in [-0.2, 0) is 19.5 Å². The first-order chi connectivity index (χ1) is 12.9. The predicted octanol–water partition coefficient (Wildman–Crippen LogP) is 7.54. The molecule has 7 heteroatoms. The summed E-state index contributed by atoms with van der Waals surface area (Å²) in [6.07, 6.45) is 2.25. The Morgan fingerprint density at radius 1 is 0.613 bits per heavy atom. The van der Waals surface area contributed by atoms with Crippen molar-refractivity contribution in [1.82, 2.24) is 0 Å². The number of hydrogen-bond acceptors (Lipinski definition) is 2. The molecule has 1 heterocycles. The molecule has 0 unspecified atom stereocenters. The first kappa shape index (κ1) is 31.4. The van der Waals surface area contributed by atoms with Crippen molar-refractivity contribution in [1.29, 1.82) is 0 Å². The largest absolute Gasteiger partial charge is 0.393 e. The maximum atomic E-state index is 2.55. The average molecular weight is 545 g/mol. The van der Waals surface area contributed by atoms with Gasteiger partial charge in [-0.3, -0.25) is 0 Å². The van der Waals surface area contributed by atoms with Gasteiger partial charge in [-0.1, -0.05) is 111 Å². The molecule has 0 N–H and O–H groups in total. The van der Waals surface area contributed by atoms with Crippen molar-refractivity contribution in [2.75, 3.05) is 22.2 Å². The molecule has 0 aliphatic carbocycles. The molecule has 0 aromatic heterocycles. The van der Waals surface area contributed by atoms with E-state index in [0.717, 1.165) is 12.6 Å². The van der Waals surface area contributed by atoms with Gasteiger partial charge in [0, 0.05) is 51.8 Å². The van der Waals surface area contributed by atoms with Gasteiger partial charge in [-0.05, 0) is 32.8 Å². The normalized spacial score (nSPS) is 14.9. The van der Waals surface area contributed by atoms with Crippen LogP contribution >= 0.6 is 15.8 Å². The number of fused-ring (bicyclic) bond motifs is 1. The van der Waals surface area contributed by atoms with Crippen molar-refractivity contribution in [3.8, 4) is 0 Å². The first-order valence-corrected chi connectivity index (χ1v) is 14.0. The van der Waals surface area contributed by atoms with Gasteiger partial charge in [0.25, 0.3) is 0 Å². The minimum Gasteiger partial charge on any atom is -0.393 e. The van der Waals surface area contributed by atoms with Crippen molar-refractivity contribution in [2.24, 2.45) is 0 Å². The number of para-hydroxylation sites is 2. The molecule has 0 fully saturated rings. The summed E-state index contributed by atoms with van der Waals surface area (Å²) in [6, 6.07) is 8.99. The first-order valence-electron chi connectivity index (χ1n) is 11.0. The van der Waals surface area contributed by atoms with E-state index in [2.05, 4.69) is 125 Å². The molecule has 1 aliphatic rings. The van der Waals surface area contributed by atoms with E-state index in [4.69, 9.17) is 0 Å². The van der Waals surface area contributed by atoms with Gasteiger partial charge in [-0.15, -0.1) is 0 Å². The molecule has 2 rings (SSSR count). The van der Waals surface area contributed by atoms with E-state index in [9.17, 15) is 0 Å². The van der Waals surface area contributed by atoms with Crippen LogP contribution in [-0.4, -0.2) is 49.2 Å². The molecule has 0 atom stereocenters. The zero-order chi connectivity index (χ0) is 22.4. The minimum atomic E-state index is -0.189. The minimum absolute atomic E-state index is 0. The SMILES string of the molecule is CC(C)(C)P(CN1[B]N(CP(C(C)(C)C)C(C)(C)C)c2ccccc21)C(C)(C)C.[B].[Ru]. The number of benzene rings is 1. The molecule has 174 valence electrons. The summed E-state index contributed by atoms with van der Waals surface area (Å²) < 4.78 is 0. The average Bonchev–Trinajstić information content (AvgIpc) is 2.84. The van der Waals surface area contributed by atoms with Gasteiger partial charge >= 0.3 is 7.55 Å². The third-order valence-electron chi connectivity index (χ3n) is 5.61. The Kier molecular flexibility index (Phi) is 10.9. The zero-order valence-electron chi connectivity index (χ0n) is 22.0. The Hall–Kier alpha value is 0.433. The molecule has 0 amide bonds. The van der Waals surface area contributed by atoms with Crippen LogP contribution in [0.2, 0.25) is 0 Å². The van der Waals surface area contributed by atoms with Gasteiger partial charge in [0.2, 0.25) is 0 Å². The van der Waals surface area contributed by atoms with Gasteiger partial charge in [0.15, 0.2) is 0 Å². The second-order valence-corrected chi connectivity index (χ2v) is 20.0. The van der Waals surface area contributed by atoms with Crippen molar-refractivity contribution in [3.63, 3.8) is 0 Å². The number of rotatable bonds is 4. The number of nitrogens with zero attached hydrogens (tertiary/aromatic N) is 2. The van der Waals surface area contributed by atoms with E-state index in [-0.39, 0.29) is 43.7 Å². The molecule has 1 aromatic rings. The van der Waals surface area contributed by atoms with Crippen LogP contribution in [0.3, 0.4) is 0 Å². The van der Waals surface area contributed by atoms with Crippen LogP contribution < -0.4 is 9.62 Å². The Bertz CT molecular complexity index is 616. The fourth-order valence-electron chi connectivity index (χ4n) is 4.63. The monoisotopic (exact) mass is 546 g/mol. The van der Waals surface area contributed by atoms with E-state index < -0.39 is 0 Å². The van der Waals surface area contributed by atoms with Gasteiger partial charge in [0.1, 0.15) is 0 Å².